The van der Waals surface area contributed by atoms with Gasteiger partial charge < -0.3 is 9.45 Å². The molecule has 1 aromatic heterocycles. The van der Waals surface area contributed by atoms with Crippen LogP contribution in [0.3, 0.4) is 0 Å². The van der Waals surface area contributed by atoms with E-state index in [1.54, 1.807) is 0 Å². The average molecular weight is 359 g/mol. The van der Waals surface area contributed by atoms with Crippen molar-refractivity contribution in [2.75, 3.05) is 23.7 Å². The highest BCUT2D eigenvalue weighted by atomic mass is 32.2. The second-order valence-electron chi connectivity index (χ2n) is 5.78. The number of pyridine rings is 1. The predicted octanol–water partition coefficient (Wildman–Crippen LogP) is 3.26. The third-order valence-electron chi connectivity index (χ3n) is 4.15. The molecule has 0 N–H and O–H groups in total. The van der Waals surface area contributed by atoms with E-state index in [9.17, 15) is 8.76 Å². The van der Waals surface area contributed by atoms with Crippen molar-refractivity contribution in [3.63, 3.8) is 0 Å². The Bertz CT molecular complexity index is 710. The lowest BCUT2D eigenvalue weighted by Gasteiger charge is -2.20. The summed E-state index contributed by atoms with van der Waals surface area (Å²) in [5.41, 5.74) is 3.45. The second-order valence-corrected chi connectivity index (χ2v) is 6.79. The Morgan fingerprint density at radius 2 is 1.80 bits per heavy atom. The van der Waals surface area contributed by atoms with Gasteiger partial charge in [0.05, 0.1) is 0 Å². The SMILES string of the molecule is CCN(CC)c1ccc(C=Cc2cccc[n+]2CCCS(=O)[O-])cc1. The fourth-order valence-electron chi connectivity index (χ4n) is 2.76. The van der Waals surface area contributed by atoms with Crippen molar-refractivity contribution < 1.29 is 13.3 Å². The molecule has 1 aromatic carbocycles. The molecule has 0 spiro atoms. The first-order valence-corrected chi connectivity index (χ1v) is 9.96. The molecule has 4 nitrogen and oxygen atoms in total. The van der Waals surface area contributed by atoms with Gasteiger partial charge in [-0.05, 0) is 43.7 Å². The molecule has 2 aromatic rings. The van der Waals surface area contributed by atoms with Crippen molar-refractivity contribution in [1.82, 2.24) is 0 Å². The van der Waals surface area contributed by atoms with E-state index in [-0.39, 0.29) is 5.75 Å². The minimum Gasteiger partial charge on any atom is -0.772 e. The maximum atomic E-state index is 10.7. The maximum absolute atomic E-state index is 10.7. The molecule has 0 saturated carbocycles. The fourth-order valence-corrected chi connectivity index (χ4v) is 3.13. The Morgan fingerprint density at radius 3 is 2.44 bits per heavy atom. The second kappa shape index (κ2) is 10.1. The molecule has 0 radical (unpaired) electrons. The molecule has 0 aliphatic heterocycles. The number of hydrogen-bond acceptors (Lipinski definition) is 3. The van der Waals surface area contributed by atoms with E-state index in [0.29, 0.717) is 13.0 Å². The number of hydrogen-bond donors (Lipinski definition) is 0. The van der Waals surface area contributed by atoms with Crippen molar-refractivity contribution >= 4 is 28.9 Å². The highest BCUT2D eigenvalue weighted by Gasteiger charge is 2.06. The largest absolute Gasteiger partial charge is 0.772 e. The molecule has 0 amide bonds. The summed E-state index contributed by atoms with van der Waals surface area (Å²) in [6, 6.07) is 14.5. The summed E-state index contributed by atoms with van der Waals surface area (Å²) in [7, 11) is 0. The summed E-state index contributed by atoms with van der Waals surface area (Å²) in [4.78, 5) is 2.32. The summed E-state index contributed by atoms with van der Waals surface area (Å²) >= 11 is -1.97. The minimum absolute atomic E-state index is 0.192. The van der Waals surface area contributed by atoms with Crippen LogP contribution in [-0.4, -0.2) is 27.6 Å². The molecular formula is C20H26N2O2S. The molecule has 0 aliphatic rings. The normalized spacial score (nSPS) is 12.4. The Hall–Kier alpha value is -1.98. The Kier molecular flexibility index (Phi) is 7.82. The van der Waals surface area contributed by atoms with Crippen LogP contribution >= 0.6 is 0 Å². The van der Waals surface area contributed by atoms with Crippen molar-refractivity contribution in [2.45, 2.75) is 26.8 Å². The van der Waals surface area contributed by atoms with E-state index in [1.807, 2.05) is 24.4 Å². The number of aryl methyl sites for hydroxylation is 1. The zero-order valence-electron chi connectivity index (χ0n) is 14.9. The van der Waals surface area contributed by atoms with Crippen molar-refractivity contribution in [3.05, 3.63) is 59.9 Å². The van der Waals surface area contributed by atoms with Gasteiger partial charge >= 0.3 is 0 Å². The average Bonchev–Trinajstić information content (AvgIpc) is 2.63. The zero-order valence-corrected chi connectivity index (χ0v) is 15.7. The van der Waals surface area contributed by atoms with Gasteiger partial charge in [-0.15, -0.1) is 0 Å². The lowest BCUT2D eigenvalue weighted by molar-refractivity contribution is -0.698. The van der Waals surface area contributed by atoms with Crippen LogP contribution in [0, 0.1) is 0 Å². The molecule has 134 valence electrons. The summed E-state index contributed by atoms with van der Waals surface area (Å²) in [5, 5.41) is 0. The molecule has 1 heterocycles. The first-order chi connectivity index (χ1) is 12.1. The molecule has 2 rings (SSSR count). The Balaban J connectivity index is 2.07. The third kappa shape index (κ3) is 6.11. The van der Waals surface area contributed by atoms with Crippen LogP contribution in [0.5, 0.6) is 0 Å². The third-order valence-corrected chi connectivity index (χ3v) is 4.78. The van der Waals surface area contributed by atoms with E-state index in [0.717, 1.165) is 24.3 Å². The van der Waals surface area contributed by atoms with Crippen LogP contribution in [-0.2, 0) is 17.6 Å². The van der Waals surface area contributed by atoms with Gasteiger partial charge in [-0.25, -0.2) is 0 Å². The molecule has 1 unspecified atom stereocenters. The molecule has 1 atom stereocenters. The summed E-state index contributed by atoms with van der Waals surface area (Å²) in [6.45, 7) is 7.02. The number of nitrogens with zero attached hydrogens (tertiary/aromatic N) is 2. The first-order valence-electron chi connectivity index (χ1n) is 8.71. The van der Waals surface area contributed by atoms with Gasteiger partial charge in [0.2, 0.25) is 5.69 Å². The fraction of sp³-hybridized carbons (Fsp3) is 0.350. The number of aromatic nitrogens is 1. The van der Waals surface area contributed by atoms with Crippen LogP contribution < -0.4 is 9.47 Å². The van der Waals surface area contributed by atoms with Crippen LogP contribution in [0.2, 0.25) is 0 Å². The van der Waals surface area contributed by atoms with Gasteiger partial charge in [0.25, 0.3) is 0 Å². The molecular weight excluding hydrogens is 332 g/mol. The summed E-state index contributed by atoms with van der Waals surface area (Å²) < 4.78 is 23.4. The lowest BCUT2D eigenvalue weighted by Crippen LogP contribution is -2.37. The number of benzene rings is 1. The first kappa shape index (κ1) is 19.3. The Morgan fingerprint density at radius 1 is 1.08 bits per heavy atom. The predicted molar refractivity (Wildman–Crippen MR) is 104 cm³/mol. The van der Waals surface area contributed by atoms with E-state index in [2.05, 4.69) is 59.7 Å². The van der Waals surface area contributed by atoms with E-state index in [1.165, 1.54) is 5.69 Å². The number of rotatable bonds is 9. The van der Waals surface area contributed by atoms with Crippen molar-refractivity contribution in [2.24, 2.45) is 0 Å². The van der Waals surface area contributed by atoms with Gasteiger partial charge in [0.1, 0.15) is 6.54 Å². The van der Waals surface area contributed by atoms with Crippen LogP contribution in [0.15, 0.2) is 48.7 Å². The minimum atomic E-state index is -1.97. The highest BCUT2D eigenvalue weighted by molar-refractivity contribution is 7.79. The highest BCUT2D eigenvalue weighted by Crippen LogP contribution is 2.16. The molecule has 0 saturated heterocycles. The van der Waals surface area contributed by atoms with Gasteiger partial charge in [0.15, 0.2) is 6.20 Å². The Labute approximate surface area is 153 Å². The van der Waals surface area contributed by atoms with E-state index >= 15 is 0 Å². The molecule has 0 aliphatic carbocycles. The van der Waals surface area contributed by atoms with E-state index < -0.39 is 11.1 Å². The number of anilines is 1. The quantitative estimate of drug-likeness (QED) is 0.511. The molecule has 0 bridgehead atoms. The zero-order chi connectivity index (χ0) is 18.1. The molecule has 25 heavy (non-hydrogen) atoms. The van der Waals surface area contributed by atoms with Crippen molar-refractivity contribution in [1.29, 1.82) is 0 Å². The van der Waals surface area contributed by atoms with Gasteiger partial charge in [-0.2, -0.15) is 4.57 Å². The van der Waals surface area contributed by atoms with E-state index in [4.69, 9.17) is 0 Å². The van der Waals surface area contributed by atoms with Crippen molar-refractivity contribution in [3.8, 4) is 0 Å². The summed E-state index contributed by atoms with van der Waals surface area (Å²) in [5.74, 6) is 0.192. The molecule has 0 fully saturated rings. The maximum Gasteiger partial charge on any atom is 0.205 e. The van der Waals surface area contributed by atoms with Crippen LogP contribution in [0.25, 0.3) is 12.2 Å². The van der Waals surface area contributed by atoms with Crippen LogP contribution in [0.1, 0.15) is 31.5 Å². The lowest BCUT2D eigenvalue weighted by atomic mass is 10.1. The smallest absolute Gasteiger partial charge is 0.205 e. The molecule has 5 heteroatoms. The summed E-state index contributed by atoms with van der Waals surface area (Å²) in [6.07, 6.45) is 6.76. The monoisotopic (exact) mass is 358 g/mol. The topological polar surface area (TPSA) is 47.2 Å². The van der Waals surface area contributed by atoms with Gasteiger partial charge in [0, 0.05) is 49.2 Å². The van der Waals surface area contributed by atoms with Gasteiger partial charge in [-0.3, -0.25) is 4.21 Å². The van der Waals surface area contributed by atoms with Gasteiger partial charge in [-0.1, -0.05) is 23.2 Å². The van der Waals surface area contributed by atoms with Crippen LogP contribution in [0.4, 0.5) is 5.69 Å². The standard InChI is InChI=1S/C20H26N2O2S/c1-3-21(4-2)20-13-10-18(11-14-20)9-12-19-8-5-6-15-22(19)16-7-17-25(23)24/h5-6,8-15H,3-4,7,16-17H2,1-2H3.